The third kappa shape index (κ3) is 2.35. The van der Waals surface area contributed by atoms with Crippen LogP contribution in [0, 0.1) is 6.92 Å². The van der Waals surface area contributed by atoms with E-state index in [1.165, 1.54) is 6.26 Å². The van der Waals surface area contributed by atoms with Gasteiger partial charge in [-0.3, -0.25) is 0 Å². The number of hydrogen-bond donors (Lipinski definition) is 0. The number of rotatable bonds is 4. The van der Waals surface area contributed by atoms with E-state index < -0.39 is 5.97 Å². The first kappa shape index (κ1) is 12.3. The summed E-state index contributed by atoms with van der Waals surface area (Å²) in [6, 6.07) is 6.73. The molecular formula is C14H11NO5. The van der Waals surface area contributed by atoms with E-state index in [1.807, 2.05) is 0 Å². The van der Waals surface area contributed by atoms with Crippen LogP contribution in [-0.2, 0) is 11.3 Å². The Morgan fingerprint density at radius 2 is 2.15 bits per heavy atom. The first-order valence-corrected chi connectivity index (χ1v) is 5.95. The van der Waals surface area contributed by atoms with Gasteiger partial charge in [-0.15, -0.1) is 0 Å². The maximum Gasteiger partial charge on any atom is 0.342 e. The Labute approximate surface area is 113 Å². The average Bonchev–Trinajstić information content (AvgIpc) is 3.16. The minimum absolute atomic E-state index is 0.0215. The van der Waals surface area contributed by atoms with Crippen LogP contribution in [0.2, 0.25) is 0 Å². The Hall–Kier alpha value is -2.76. The first-order chi connectivity index (χ1) is 9.74. The van der Waals surface area contributed by atoms with Crippen LogP contribution in [-0.4, -0.2) is 11.1 Å². The Morgan fingerprint density at radius 3 is 2.85 bits per heavy atom. The van der Waals surface area contributed by atoms with Crippen molar-refractivity contribution in [1.82, 2.24) is 5.16 Å². The summed E-state index contributed by atoms with van der Waals surface area (Å²) < 4.78 is 20.5. The summed E-state index contributed by atoms with van der Waals surface area (Å²) >= 11 is 0. The van der Waals surface area contributed by atoms with Crippen LogP contribution in [0.4, 0.5) is 0 Å². The molecule has 0 amide bonds. The van der Waals surface area contributed by atoms with E-state index >= 15 is 0 Å². The lowest BCUT2D eigenvalue weighted by molar-refractivity contribution is 0.0462. The Morgan fingerprint density at radius 1 is 1.25 bits per heavy atom. The van der Waals surface area contributed by atoms with Gasteiger partial charge in [0.25, 0.3) is 0 Å². The molecule has 20 heavy (non-hydrogen) atoms. The van der Waals surface area contributed by atoms with E-state index in [0.717, 1.165) is 0 Å². The molecule has 0 aliphatic carbocycles. The zero-order valence-electron chi connectivity index (χ0n) is 10.7. The number of carbonyl (C=O) groups excluding carboxylic acids is 1. The molecule has 0 spiro atoms. The monoisotopic (exact) mass is 273 g/mol. The summed E-state index contributed by atoms with van der Waals surface area (Å²) in [5, 5.41) is 3.81. The van der Waals surface area contributed by atoms with Gasteiger partial charge in [-0.25, -0.2) is 4.79 Å². The SMILES string of the molecule is Cc1occc1C(=O)OCc1cc(-c2ccco2)on1. The molecule has 6 nitrogen and oxygen atoms in total. The van der Waals surface area contributed by atoms with Gasteiger partial charge < -0.3 is 18.1 Å². The number of aromatic nitrogens is 1. The molecule has 3 aromatic heterocycles. The summed E-state index contributed by atoms with van der Waals surface area (Å²) in [5.74, 6) is 1.12. The smallest absolute Gasteiger partial charge is 0.342 e. The van der Waals surface area contributed by atoms with Crippen molar-refractivity contribution < 1.29 is 22.9 Å². The van der Waals surface area contributed by atoms with Crippen LogP contribution in [0.15, 0.2) is 50.1 Å². The first-order valence-electron chi connectivity index (χ1n) is 5.95. The molecule has 0 bridgehead atoms. The number of esters is 1. The highest BCUT2D eigenvalue weighted by atomic mass is 16.5. The van der Waals surface area contributed by atoms with Gasteiger partial charge in [0.1, 0.15) is 23.6 Å². The third-order valence-corrected chi connectivity index (χ3v) is 2.75. The molecule has 0 atom stereocenters. The van der Waals surface area contributed by atoms with E-state index in [2.05, 4.69) is 5.16 Å². The van der Waals surface area contributed by atoms with Crippen molar-refractivity contribution in [3.63, 3.8) is 0 Å². The minimum atomic E-state index is -0.459. The summed E-state index contributed by atoms with van der Waals surface area (Å²) in [6.45, 7) is 1.72. The normalized spacial score (nSPS) is 10.7. The minimum Gasteiger partial charge on any atom is -0.469 e. The van der Waals surface area contributed by atoms with E-state index in [0.29, 0.717) is 28.5 Å². The lowest BCUT2D eigenvalue weighted by Gasteiger charge is -2.00. The molecule has 0 saturated carbocycles. The van der Waals surface area contributed by atoms with E-state index in [9.17, 15) is 4.79 Å². The van der Waals surface area contributed by atoms with Crippen LogP contribution in [0.3, 0.4) is 0 Å². The predicted octanol–water partition coefficient (Wildman–Crippen LogP) is 3.19. The average molecular weight is 273 g/mol. The van der Waals surface area contributed by atoms with Crippen LogP contribution in [0.25, 0.3) is 11.5 Å². The summed E-state index contributed by atoms with van der Waals surface area (Å²) in [7, 11) is 0. The highest BCUT2D eigenvalue weighted by molar-refractivity contribution is 5.90. The van der Waals surface area contributed by atoms with Crippen molar-refractivity contribution in [2.24, 2.45) is 0 Å². The van der Waals surface area contributed by atoms with Gasteiger partial charge in [0.05, 0.1) is 12.5 Å². The molecule has 0 radical (unpaired) electrons. The molecule has 102 valence electrons. The number of nitrogens with zero attached hydrogens (tertiary/aromatic N) is 1. The van der Waals surface area contributed by atoms with E-state index in [1.54, 1.807) is 37.5 Å². The van der Waals surface area contributed by atoms with Crippen LogP contribution >= 0.6 is 0 Å². The molecule has 0 aliphatic heterocycles. The van der Waals surface area contributed by atoms with Crippen LogP contribution in [0.5, 0.6) is 0 Å². The molecule has 3 aromatic rings. The summed E-state index contributed by atoms with van der Waals surface area (Å²) in [4.78, 5) is 11.8. The maximum atomic E-state index is 11.8. The fraction of sp³-hybridized carbons (Fsp3) is 0.143. The topological polar surface area (TPSA) is 78.6 Å². The van der Waals surface area contributed by atoms with E-state index in [-0.39, 0.29) is 6.61 Å². The molecule has 0 fully saturated rings. The molecule has 0 aliphatic rings. The number of furan rings is 2. The molecule has 0 saturated heterocycles. The standard InChI is InChI=1S/C14H11NO5/c1-9-11(4-6-17-9)14(16)19-8-10-7-13(20-15-10)12-3-2-5-18-12/h2-7H,8H2,1H3. The van der Waals surface area contributed by atoms with Crippen LogP contribution in [0.1, 0.15) is 21.8 Å². The van der Waals surface area contributed by atoms with Crippen molar-refractivity contribution in [3.05, 3.63) is 53.8 Å². The predicted molar refractivity (Wildman–Crippen MR) is 66.8 cm³/mol. The van der Waals surface area contributed by atoms with Gasteiger partial charge in [-0.2, -0.15) is 0 Å². The highest BCUT2D eigenvalue weighted by Crippen LogP contribution is 2.21. The second-order valence-electron chi connectivity index (χ2n) is 4.13. The molecule has 3 heterocycles. The van der Waals surface area contributed by atoms with Gasteiger partial charge in [0, 0.05) is 6.07 Å². The lowest BCUT2D eigenvalue weighted by atomic mass is 10.3. The Bertz CT molecular complexity index is 708. The number of carbonyl (C=O) groups is 1. The van der Waals surface area contributed by atoms with Gasteiger partial charge in [0.15, 0.2) is 5.76 Å². The zero-order valence-corrected chi connectivity index (χ0v) is 10.7. The van der Waals surface area contributed by atoms with Crippen LogP contribution < -0.4 is 0 Å². The van der Waals surface area contributed by atoms with Gasteiger partial charge >= 0.3 is 5.97 Å². The van der Waals surface area contributed by atoms with Crippen molar-refractivity contribution in [2.45, 2.75) is 13.5 Å². The van der Waals surface area contributed by atoms with Gasteiger partial charge in [0.2, 0.25) is 5.76 Å². The summed E-state index contributed by atoms with van der Waals surface area (Å²) in [5.41, 5.74) is 0.908. The van der Waals surface area contributed by atoms with Crippen molar-refractivity contribution >= 4 is 5.97 Å². The molecule has 0 N–H and O–H groups in total. The second kappa shape index (κ2) is 5.08. The zero-order chi connectivity index (χ0) is 13.9. The maximum absolute atomic E-state index is 11.8. The molecule has 0 unspecified atom stereocenters. The Balaban J connectivity index is 1.65. The number of hydrogen-bond acceptors (Lipinski definition) is 6. The quantitative estimate of drug-likeness (QED) is 0.679. The second-order valence-corrected chi connectivity index (χ2v) is 4.13. The lowest BCUT2D eigenvalue weighted by Crippen LogP contribution is -2.05. The van der Waals surface area contributed by atoms with Gasteiger partial charge in [-0.1, -0.05) is 5.16 Å². The third-order valence-electron chi connectivity index (χ3n) is 2.75. The summed E-state index contributed by atoms with van der Waals surface area (Å²) in [6.07, 6.45) is 2.98. The number of ether oxygens (including phenoxy) is 1. The molecule has 0 aromatic carbocycles. The van der Waals surface area contributed by atoms with E-state index in [4.69, 9.17) is 18.1 Å². The highest BCUT2D eigenvalue weighted by Gasteiger charge is 2.15. The van der Waals surface area contributed by atoms with Crippen molar-refractivity contribution in [3.8, 4) is 11.5 Å². The fourth-order valence-electron chi connectivity index (χ4n) is 1.73. The van der Waals surface area contributed by atoms with Gasteiger partial charge in [-0.05, 0) is 25.1 Å². The van der Waals surface area contributed by atoms with Crippen molar-refractivity contribution in [2.75, 3.05) is 0 Å². The Kier molecular flexibility index (Phi) is 3.12. The molecule has 3 rings (SSSR count). The molecule has 6 heteroatoms. The largest absolute Gasteiger partial charge is 0.469 e. The number of aryl methyl sites for hydroxylation is 1. The fourth-order valence-corrected chi connectivity index (χ4v) is 1.73. The molecular weight excluding hydrogens is 262 g/mol. The van der Waals surface area contributed by atoms with Crippen molar-refractivity contribution in [1.29, 1.82) is 0 Å².